The van der Waals surface area contributed by atoms with Gasteiger partial charge in [-0.3, -0.25) is 11.3 Å². The van der Waals surface area contributed by atoms with Gasteiger partial charge in [0, 0.05) is 12.6 Å². The van der Waals surface area contributed by atoms with Crippen molar-refractivity contribution in [1.82, 2.24) is 5.43 Å². The highest BCUT2D eigenvalue weighted by Crippen LogP contribution is 2.45. The molecule has 2 fully saturated rings. The predicted molar refractivity (Wildman–Crippen MR) is 70.5 cm³/mol. The molecule has 3 N–H and O–H groups in total. The Morgan fingerprint density at radius 3 is 2.65 bits per heavy atom. The van der Waals surface area contributed by atoms with E-state index in [4.69, 9.17) is 10.6 Å². The lowest BCUT2D eigenvalue weighted by molar-refractivity contribution is 0.0878. The number of ether oxygens (including phenoxy) is 1. The van der Waals surface area contributed by atoms with Crippen LogP contribution in [0.2, 0.25) is 0 Å². The first-order valence-corrected chi connectivity index (χ1v) is 7.38. The summed E-state index contributed by atoms with van der Waals surface area (Å²) in [6, 6.07) is 0.485. The Kier molecular flexibility index (Phi) is 4.83. The second-order valence-electron chi connectivity index (χ2n) is 5.85. The molecule has 1 saturated heterocycles. The van der Waals surface area contributed by atoms with Gasteiger partial charge in [-0.25, -0.2) is 0 Å². The van der Waals surface area contributed by atoms with Crippen LogP contribution >= 0.6 is 0 Å². The maximum atomic E-state index is 5.81. The first-order chi connectivity index (χ1) is 8.30. The largest absolute Gasteiger partial charge is 0.378 e. The molecule has 0 aromatic rings. The third-order valence-corrected chi connectivity index (χ3v) is 5.05. The molecular formula is C14H28N2O. The summed E-state index contributed by atoms with van der Waals surface area (Å²) in [6.07, 6.45) is 12.1. The van der Waals surface area contributed by atoms with E-state index < -0.39 is 0 Å². The van der Waals surface area contributed by atoms with E-state index in [1.165, 1.54) is 57.8 Å². The summed E-state index contributed by atoms with van der Waals surface area (Å²) in [4.78, 5) is 0. The standard InChI is InChI=1S/C14H28N2O/c1-2-14(9-3-4-10-14)13(16-15)8-7-12-6-5-11-17-12/h12-13,16H,2-11,15H2,1H3. The lowest BCUT2D eigenvalue weighted by atomic mass is 9.74. The molecule has 3 nitrogen and oxygen atoms in total. The van der Waals surface area contributed by atoms with Gasteiger partial charge in [-0.1, -0.05) is 19.8 Å². The normalized spacial score (nSPS) is 29.6. The van der Waals surface area contributed by atoms with E-state index >= 15 is 0 Å². The van der Waals surface area contributed by atoms with E-state index in [2.05, 4.69) is 12.3 Å². The quantitative estimate of drug-likeness (QED) is 0.554. The monoisotopic (exact) mass is 240 g/mol. The number of hydrazine groups is 1. The summed E-state index contributed by atoms with van der Waals surface area (Å²) in [5, 5.41) is 0. The Hall–Kier alpha value is -0.120. The smallest absolute Gasteiger partial charge is 0.0576 e. The Morgan fingerprint density at radius 2 is 2.12 bits per heavy atom. The second kappa shape index (κ2) is 6.17. The maximum Gasteiger partial charge on any atom is 0.0576 e. The van der Waals surface area contributed by atoms with Gasteiger partial charge in [0.2, 0.25) is 0 Å². The first kappa shape index (κ1) is 13.3. The minimum atomic E-state index is 0.466. The van der Waals surface area contributed by atoms with Gasteiger partial charge in [-0.2, -0.15) is 0 Å². The molecule has 3 heteroatoms. The highest BCUT2D eigenvalue weighted by molar-refractivity contribution is 4.93. The van der Waals surface area contributed by atoms with Crippen LogP contribution in [0.4, 0.5) is 0 Å². The fourth-order valence-corrected chi connectivity index (χ4v) is 3.82. The third kappa shape index (κ3) is 3.01. The third-order valence-electron chi connectivity index (χ3n) is 5.05. The van der Waals surface area contributed by atoms with Crippen molar-refractivity contribution < 1.29 is 4.74 Å². The summed E-state index contributed by atoms with van der Waals surface area (Å²) in [6.45, 7) is 3.28. The fraction of sp³-hybridized carbons (Fsp3) is 1.00. The van der Waals surface area contributed by atoms with E-state index in [-0.39, 0.29) is 0 Å². The van der Waals surface area contributed by atoms with Crippen molar-refractivity contribution in [2.45, 2.75) is 76.9 Å². The lowest BCUT2D eigenvalue weighted by Crippen LogP contribution is -2.47. The van der Waals surface area contributed by atoms with Crippen molar-refractivity contribution in [2.24, 2.45) is 11.3 Å². The Morgan fingerprint density at radius 1 is 1.35 bits per heavy atom. The molecule has 0 spiro atoms. The SMILES string of the molecule is CCC1(C(CCC2CCCO2)NN)CCCC1. The summed E-state index contributed by atoms with van der Waals surface area (Å²) in [7, 11) is 0. The average molecular weight is 240 g/mol. The number of hydrogen-bond donors (Lipinski definition) is 2. The van der Waals surface area contributed by atoms with Crippen LogP contribution in [0.1, 0.15) is 64.7 Å². The zero-order valence-electron chi connectivity index (χ0n) is 11.2. The minimum Gasteiger partial charge on any atom is -0.378 e. The van der Waals surface area contributed by atoms with Crippen LogP contribution in [-0.2, 0) is 4.74 Å². The lowest BCUT2D eigenvalue weighted by Gasteiger charge is -2.37. The summed E-state index contributed by atoms with van der Waals surface area (Å²) < 4.78 is 5.71. The van der Waals surface area contributed by atoms with Crippen molar-refractivity contribution in [3.05, 3.63) is 0 Å². The average Bonchev–Trinajstić information content (AvgIpc) is 3.00. The molecular weight excluding hydrogens is 212 g/mol. The van der Waals surface area contributed by atoms with Gasteiger partial charge in [0.1, 0.15) is 0 Å². The highest BCUT2D eigenvalue weighted by Gasteiger charge is 2.39. The van der Waals surface area contributed by atoms with Crippen molar-refractivity contribution in [2.75, 3.05) is 6.61 Å². The van der Waals surface area contributed by atoms with E-state index in [0.717, 1.165) is 6.61 Å². The van der Waals surface area contributed by atoms with Crippen molar-refractivity contribution in [3.8, 4) is 0 Å². The van der Waals surface area contributed by atoms with Crippen molar-refractivity contribution in [1.29, 1.82) is 0 Å². The molecule has 2 atom stereocenters. The zero-order chi connectivity index (χ0) is 12.1. The Bertz CT molecular complexity index is 220. The van der Waals surface area contributed by atoms with Crippen LogP contribution in [0.25, 0.3) is 0 Å². The molecule has 2 rings (SSSR count). The minimum absolute atomic E-state index is 0.466. The van der Waals surface area contributed by atoms with Crippen LogP contribution in [0.15, 0.2) is 0 Å². The molecule has 17 heavy (non-hydrogen) atoms. The molecule has 0 amide bonds. The van der Waals surface area contributed by atoms with Crippen LogP contribution in [0, 0.1) is 5.41 Å². The molecule has 1 aliphatic carbocycles. The highest BCUT2D eigenvalue weighted by atomic mass is 16.5. The molecule has 0 aromatic heterocycles. The van der Waals surface area contributed by atoms with Gasteiger partial charge < -0.3 is 4.74 Å². The van der Waals surface area contributed by atoms with Gasteiger partial charge in [-0.05, 0) is 50.4 Å². The summed E-state index contributed by atoms with van der Waals surface area (Å²) in [5.74, 6) is 5.81. The van der Waals surface area contributed by atoms with Crippen LogP contribution < -0.4 is 11.3 Å². The van der Waals surface area contributed by atoms with Crippen LogP contribution in [-0.4, -0.2) is 18.8 Å². The number of rotatable bonds is 6. The summed E-state index contributed by atoms with van der Waals surface area (Å²) >= 11 is 0. The zero-order valence-corrected chi connectivity index (χ0v) is 11.2. The molecule has 1 saturated carbocycles. The van der Waals surface area contributed by atoms with Gasteiger partial charge in [-0.15, -0.1) is 0 Å². The predicted octanol–water partition coefficient (Wildman–Crippen LogP) is 2.75. The molecule has 0 aromatic carbocycles. The van der Waals surface area contributed by atoms with Crippen LogP contribution in [0.3, 0.4) is 0 Å². The van der Waals surface area contributed by atoms with E-state index in [1.807, 2.05) is 0 Å². The molecule has 2 unspecified atom stereocenters. The van der Waals surface area contributed by atoms with Gasteiger partial charge in [0.05, 0.1) is 6.10 Å². The van der Waals surface area contributed by atoms with Gasteiger partial charge >= 0.3 is 0 Å². The van der Waals surface area contributed by atoms with Crippen LogP contribution in [0.5, 0.6) is 0 Å². The molecule has 1 aliphatic heterocycles. The number of hydrogen-bond acceptors (Lipinski definition) is 3. The molecule has 0 radical (unpaired) electrons. The summed E-state index contributed by atoms with van der Waals surface area (Å²) in [5.41, 5.74) is 3.57. The topological polar surface area (TPSA) is 47.3 Å². The van der Waals surface area contributed by atoms with E-state index in [0.29, 0.717) is 17.6 Å². The van der Waals surface area contributed by atoms with Gasteiger partial charge in [0.15, 0.2) is 0 Å². The molecule has 2 aliphatic rings. The van der Waals surface area contributed by atoms with Crippen molar-refractivity contribution in [3.63, 3.8) is 0 Å². The number of nitrogens with one attached hydrogen (secondary N) is 1. The maximum absolute atomic E-state index is 5.81. The van der Waals surface area contributed by atoms with E-state index in [9.17, 15) is 0 Å². The number of nitrogens with two attached hydrogens (primary N) is 1. The molecule has 1 heterocycles. The first-order valence-electron chi connectivity index (χ1n) is 7.38. The Labute approximate surface area is 105 Å². The molecule has 0 bridgehead atoms. The van der Waals surface area contributed by atoms with Gasteiger partial charge in [0.25, 0.3) is 0 Å². The Balaban J connectivity index is 1.85. The van der Waals surface area contributed by atoms with E-state index in [1.54, 1.807) is 0 Å². The van der Waals surface area contributed by atoms with Crippen molar-refractivity contribution >= 4 is 0 Å². The fourth-order valence-electron chi connectivity index (χ4n) is 3.82. The molecule has 100 valence electrons. The second-order valence-corrected chi connectivity index (χ2v) is 5.85.